The second-order valence-electron chi connectivity index (χ2n) is 5.72. The topological polar surface area (TPSA) is 29.9 Å². The summed E-state index contributed by atoms with van der Waals surface area (Å²) in [5.41, 5.74) is 1.90. The van der Waals surface area contributed by atoms with Gasteiger partial charge in [0.05, 0.1) is 6.20 Å². The van der Waals surface area contributed by atoms with Crippen LogP contribution in [-0.2, 0) is 13.6 Å². The SMILES string of the molecule is CC(C)CC1(CNCc2cnn(C)c2)CC1. The van der Waals surface area contributed by atoms with Crippen LogP contribution < -0.4 is 5.32 Å². The van der Waals surface area contributed by atoms with Crippen LogP contribution >= 0.6 is 0 Å². The van der Waals surface area contributed by atoms with E-state index in [1.165, 1.54) is 31.4 Å². The summed E-state index contributed by atoms with van der Waals surface area (Å²) >= 11 is 0. The molecule has 1 fully saturated rings. The fourth-order valence-corrected chi connectivity index (χ4v) is 2.53. The molecule has 90 valence electrons. The van der Waals surface area contributed by atoms with Crippen LogP contribution in [0.25, 0.3) is 0 Å². The van der Waals surface area contributed by atoms with E-state index in [4.69, 9.17) is 0 Å². The lowest BCUT2D eigenvalue weighted by Gasteiger charge is -2.17. The Kier molecular flexibility index (Phi) is 3.33. The fraction of sp³-hybridized carbons (Fsp3) is 0.769. The zero-order valence-corrected chi connectivity index (χ0v) is 10.7. The summed E-state index contributed by atoms with van der Waals surface area (Å²) < 4.78 is 1.86. The molecular formula is C13H23N3. The third-order valence-corrected chi connectivity index (χ3v) is 3.39. The molecule has 1 saturated carbocycles. The molecule has 2 rings (SSSR count). The molecule has 1 aliphatic rings. The number of aryl methyl sites for hydroxylation is 1. The molecule has 0 saturated heterocycles. The summed E-state index contributed by atoms with van der Waals surface area (Å²) in [5, 5.41) is 7.74. The summed E-state index contributed by atoms with van der Waals surface area (Å²) in [4.78, 5) is 0. The summed E-state index contributed by atoms with van der Waals surface area (Å²) in [6.45, 7) is 6.76. The quantitative estimate of drug-likeness (QED) is 0.799. The molecule has 0 unspecified atom stereocenters. The second kappa shape index (κ2) is 4.58. The van der Waals surface area contributed by atoms with Crippen LogP contribution in [0.2, 0.25) is 0 Å². The van der Waals surface area contributed by atoms with Gasteiger partial charge in [-0.1, -0.05) is 13.8 Å². The molecule has 0 atom stereocenters. The molecule has 1 N–H and O–H groups in total. The van der Waals surface area contributed by atoms with Gasteiger partial charge in [-0.2, -0.15) is 5.10 Å². The van der Waals surface area contributed by atoms with Crippen molar-refractivity contribution < 1.29 is 0 Å². The molecule has 1 aromatic rings. The van der Waals surface area contributed by atoms with Gasteiger partial charge in [-0.25, -0.2) is 0 Å². The highest BCUT2D eigenvalue weighted by atomic mass is 15.2. The molecule has 3 nitrogen and oxygen atoms in total. The summed E-state index contributed by atoms with van der Waals surface area (Å²) in [5.74, 6) is 0.822. The predicted octanol–water partition coefficient (Wildman–Crippen LogP) is 2.34. The van der Waals surface area contributed by atoms with Crippen molar-refractivity contribution in [3.8, 4) is 0 Å². The van der Waals surface area contributed by atoms with Crippen LogP contribution in [-0.4, -0.2) is 16.3 Å². The van der Waals surface area contributed by atoms with Gasteiger partial charge < -0.3 is 5.32 Å². The third-order valence-electron chi connectivity index (χ3n) is 3.39. The van der Waals surface area contributed by atoms with Gasteiger partial charge in [-0.15, -0.1) is 0 Å². The number of nitrogens with one attached hydrogen (secondary N) is 1. The van der Waals surface area contributed by atoms with Crippen LogP contribution in [0.15, 0.2) is 12.4 Å². The maximum atomic E-state index is 4.17. The minimum atomic E-state index is 0.621. The maximum absolute atomic E-state index is 4.17. The van der Waals surface area contributed by atoms with E-state index in [0.29, 0.717) is 5.41 Å². The molecule has 0 amide bonds. The van der Waals surface area contributed by atoms with Crippen molar-refractivity contribution in [1.82, 2.24) is 15.1 Å². The predicted molar refractivity (Wildman–Crippen MR) is 66.0 cm³/mol. The van der Waals surface area contributed by atoms with E-state index in [-0.39, 0.29) is 0 Å². The number of hydrogen-bond acceptors (Lipinski definition) is 2. The first-order valence-corrected chi connectivity index (χ1v) is 6.28. The molecule has 3 heteroatoms. The monoisotopic (exact) mass is 221 g/mol. The Bertz CT molecular complexity index is 337. The molecular weight excluding hydrogens is 198 g/mol. The van der Waals surface area contributed by atoms with Crippen LogP contribution in [0.3, 0.4) is 0 Å². The van der Waals surface area contributed by atoms with Gasteiger partial charge >= 0.3 is 0 Å². The largest absolute Gasteiger partial charge is 0.312 e. The molecule has 1 aromatic heterocycles. The number of hydrogen-bond donors (Lipinski definition) is 1. The normalized spacial score (nSPS) is 18.0. The van der Waals surface area contributed by atoms with Gasteiger partial charge in [0.2, 0.25) is 0 Å². The van der Waals surface area contributed by atoms with E-state index < -0.39 is 0 Å². The molecule has 0 aromatic carbocycles. The van der Waals surface area contributed by atoms with Gasteiger partial charge in [-0.3, -0.25) is 4.68 Å². The Hall–Kier alpha value is -0.830. The Morgan fingerprint density at radius 2 is 2.25 bits per heavy atom. The zero-order chi connectivity index (χ0) is 11.6. The molecule has 16 heavy (non-hydrogen) atoms. The maximum Gasteiger partial charge on any atom is 0.0534 e. The fourth-order valence-electron chi connectivity index (χ4n) is 2.53. The lowest BCUT2D eigenvalue weighted by atomic mass is 9.94. The first kappa shape index (κ1) is 11.6. The molecule has 0 radical (unpaired) electrons. The van der Waals surface area contributed by atoms with E-state index in [9.17, 15) is 0 Å². The highest BCUT2D eigenvalue weighted by Gasteiger charge is 2.41. The van der Waals surface area contributed by atoms with Gasteiger partial charge in [0.15, 0.2) is 0 Å². The van der Waals surface area contributed by atoms with E-state index in [1.54, 1.807) is 0 Å². The molecule has 1 aliphatic carbocycles. The molecule has 0 bridgehead atoms. The lowest BCUT2D eigenvalue weighted by molar-refractivity contribution is 0.366. The Labute approximate surface area is 98.2 Å². The average molecular weight is 221 g/mol. The number of aromatic nitrogens is 2. The third kappa shape index (κ3) is 3.08. The summed E-state index contributed by atoms with van der Waals surface area (Å²) in [6, 6.07) is 0. The van der Waals surface area contributed by atoms with Crippen molar-refractivity contribution in [2.24, 2.45) is 18.4 Å². The van der Waals surface area contributed by atoms with Crippen LogP contribution in [0.1, 0.15) is 38.7 Å². The van der Waals surface area contributed by atoms with E-state index >= 15 is 0 Å². The van der Waals surface area contributed by atoms with E-state index in [0.717, 1.165) is 12.5 Å². The van der Waals surface area contributed by atoms with Gasteiger partial charge in [0.1, 0.15) is 0 Å². The van der Waals surface area contributed by atoms with Crippen LogP contribution in [0.4, 0.5) is 0 Å². The van der Waals surface area contributed by atoms with Crippen molar-refractivity contribution in [2.75, 3.05) is 6.54 Å². The smallest absolute Gasteiger partial charge is 0.0534 e. The van der Waals surface area contributed by atoms with Gasteiger partial charge in [0, 0.05) is 31.9 Å². The minimum absolute atomic E-state index is 0.621. The van der Waals surface area contributed by atoms with Crippen molar-refractivity contribution in [2.45, 2.75) is 39.7 Å². The summed E-state index contributed by atoms with van der Waals surface area (Å²) in [7, 11) is 1.96. The lowest BCUT2D eigenvalue weighted by Crippen LogP contribution is -2.24. The minimum Gasteiger partial charge on any atom is -0.312 e. The first-order chi connectivity index (χ1) is 7.60. The molecule has 0 aliphatic heterocycles. The highest BCUT2D eigenvalue weighted by Crippen LogP contribution is 2.49. The van der Waals surface area contributed by atoms with Crippen molar-refractivity contribution in [3.05, 3.63) is 18.0 Å². The number of rotatable bonds is 6. The van der Waals surface area contributed by atoms with E-state index in [1.807, 2.05) is 17.9 Å². The average Bonchev–Trinajstić information content (AvgIpc) is 2.80. The summed E-state index contributed by atoms with van der Waals surface area (Å²) in [6.07, 6.45) is 8.20. The first-order valence-electron chi connectivity index (χ1n) is 6.28. The van der Waals surface area contributed by atoms with Crippen molar-refractivity contribution in [1.29, 1.82) is 0 Å². The Morgan fingerprint density at radius 1 is 1.50 bits per heavy atom. The molecule has 1 heterocycles. The van der Waals surface area contributed by atoms with Crippen LogP contribution in [0, 0.1) is 11.3 Å². The van der Waals surface area contributed by atoms with E-state index in [2.05, 4.69) is 30.5 Å². The molecule has 0 spiro atoms. The Balaban J connectivity index is 1.72. The van der Waals surface area contributed by atoms with Crippen molar-refractivity contribution in [3.63, 3.8) is 0 Å². The highest BCUT2D eigenvalue weighted by molar-refractivity contribution is 5.04. The second-order valence-corrected chi connectivity index (χ2v) is 5.72. The number of nitrogens with zero attached hydrogens (tertiary/aromatic N) is 2. The Morgan fingerprint density at radius 3 is 2.75 bits per heavy atom. The van der Waals surface area contributed by atoms with Crippen LogP contribution in [0.5, 0.6) is 0 Å². The van der Waals surface area contributed by atoms with Gasteiger partial charge in [0.25, 0.3) is 0 Å². The van der Waals surface area contributed by atoms with Gasteiger partial charge in [-0.05, 0) is 30.6 Å². The van der Waals surface area contributed by atoms with Crippen molar-refractivity contribution >= 4 is 0 Å². The zero-order valence-electron chi connectivity index (χ0n) is 10.7. The standard InChI is InChI=1S/C13H23N3/c1-11(2)6-13(4-5-13)10-14-7-12-8-15-16(3)9-12/h8-9,11,14H,4-7,10H2,1-3H3.